The molecule has 1 atom stereocenters. The maximum atomic E-state index is 12.4. The van der Waals surface area contributed by atoms with Crippen LogP contribution in [-0.2, 0) is 0 Å². The molecule has 1 aromatic rings. The van der Waals surface area contributed by atoms with Gasteiger partial charge in [0.05, 0.1) is 20.3 Å². The van der Waals surface area contributed by atoms with Gasteiger partial charge in [-0.3, -0.25) is 0 Å². The van der Waals surface area contributed by atoms with Crippen molar-refractivity contribution < 1.29 is 32.5 Å². The van der Waals surface area contributed by atoms with Crippen LogP contribution in [0.3, 0.4) is 0 Å². The monoisotopic (exact) mass is 282 g/mol. The molecule has 108 valence electrons. The van der Waals surface area contributed by atoms with Gasteiger partial charge in [-0.05, 0) is 6.92 Å². The Bertz CT molecular complexity index is 415. The highest BCUT2D eigenvalue weighted by atomic mass is 19.4. The fraction of sp³-hybridized carbons (Fsp3) is 0.600. The van der Waals surface area contributed by atoms with E-state index >= 15 is 0 Å². The first kappa shape index (κ1) is 15.3. The molecule has 0 fully saturated rings. The highest BCUT2D eigenvalue weighted by molar-refractivity contribution is 5.22. The van der Waals surface area contributed by atoms with Crippen molar-refractivity contribution in [3.05, 3.63) is 6.07 Å². The molecular weight excluding hydrogens is 269 g/mol. The van der Waals surface area contributed by atoms with Gasteiger partial charge in [-0.1, -0.05) is 0 Å². The van der Waals surface area contributed by atoms with Crippen LogP contribution in [0.15, 0.2) is 6.07 Å². The average molecular weight is 282 g/mol. The normalized spacial score (nSPS) is 14.7. The number of methoxy groups -OCH3 is 2. The van der Waals surface area contributed by atoms with E-state index in [2.05, 4.69) is 9.97 Å². The van der Waals surface area contributed by atoms with Gasteiger partial charge in [0.2, 0.25) is 11.8 Å². The van der Waals surface area contributed by atoms with Gasteiger partial charge < -0.3 is 19.3 Å². The summed E-state index contributed by atoms with van der Waals surface area (Å²) >= 11 is 0. The molecular formula is C10H13F3N2O4. The zero-order valence-corrected chi connectivity index (χ0v) is 10.5. The zero-order valence-electron chi connectivity index (χ0n) is 10.5. The molecule has 19 heavy (non-hydrogen) atoms. The Labute approximate surface area is 107 Å². The molecule has 1 aromatic heterocycles. The van der Waals surface area contributed by atoms with E-state index in [1.165, 1.54) is 20.3 Å². The second-order valence-corrected chi connectivity index (χ2v) is 3.80. The van der Waals surface area contributed by atoms with Crippen molar-refractivity contribution in [2.75, 3.05) is 20.8 Å². The van der Waals surface area contributed by atoms with Gasteiger partial charge in [0.15, 0.2) is 5.60 Å². The second-order valence-electron chi connectivity index (χ2n) is 3.80. The number of alkyl halides is 3. The lowest BCUT2D eigenvalue weighted by Gasteiger charge is -2.25. The zero-order chi connectivity index (χ0) is 14.7. The fourth-order valence-electron chi connectivity index (χ4n) is 0.944. The van der Waals surface area contributed by atoms with Crippen molar-refractivity contribution in [2.45, 2.75) is 18.7 Å². The molecule has 0 aliphatic heterocycles. The number of aliphatic hydroxyl groups is 1. The molecule has 0 aromatic carbocycles. The fourth-order valence-corrected chi connectivity index (χ4v) is 0.944. The van der Waals surface area contributed by atoms with Crippen molar-refractivity contribution in [1.29, 1.82) is 0 Å². The lowest BCUT2D eigenvalue weighted by atomic mass is 10.1. The van der Waals surface area contributed by atoms with Crippen LogP contribution in [0.2, 0.25) is 0 Å². The Morgan fingerprint density at radius 1 is 1.16 bits per heavy atom. The number of halogens is 3. The van der Waals surface area contributed by atoms with E-state index in [4.69, 9.17) is 14.2 Å². The minimum absolute atomic E-state index is 0.0634. The van der Waals surface area contributed by atoms with Crippen molar-refractivity contribution in [3.63, 3.8) is 0 Å². The summed E-state index contributed by atoms with van der Waals surface area (Å²) in [6.07, 6.45) is -4.82. The van der Waals surface area contributed by atoms with Crippen molar-refractivity contribution in [3.8, 4) is 17.8 Å². The molecule has 0 amide bonds. The Morgan fingerprint density at radius 2 is 1.63 bits per heavy atom. The summed E-state index contributed by atoms with van der Waals surface area (Å²) in [5, 5.41) is 9.20. The largest absolute Gasteiger partial charge is 0.481 e. The lowest BCUT2D eigenvalue weighted by Crippen LogP contribution is -2.47. The van der Waals surface area contributed by atoms with Crippen LogP contribution in [0, 0.1) is 0 Å². The highest BCUT2D eigenvalue weighted by Gasteiger charge is 2.50. The van der Waals surface area contributed by atoms with Gasteiger partial charge in [-0.15, -0.1) is 0 Å². The maximum absolute atomic E-state index is 12.4. The van der Waals surface area contributed by atoms with Crippen LogP contribution >= 0.6 is 0 Å². The van der Waals surface area contributed by atoms with E-state index < -0.39 is 18.4 Å². The average Bonchev–Trinajstić information content (AvgIpc) is 2.34. The standard InChI is InChI=1S/C10H13F3N2O4/c1-9(16,10(11,12)13)5-19-8-14-6(17-2)4-7(15-8)18-3/h4,16H,5H2,1-3H3. The van der Waals surface area contributed by atoms with Crippen LogP contribution in [0.1, 0.15) is 6.92 Å². The van der Waals surface area contributed by atoms with Crippen molar-refractivity contribution in [1.82, 2.24) is 9.97 Å². The molecule has 1 heterocycles. The summed E-state index contributed by atoms with van der Waals surface area (Å²) in [6, 6.07) is 0.940. The van der Waals surface area contributed by atoms with E-state index in [0.717, 1.165) is 0 Å². The number of hydrogen-bond donors (Lipinski definition) is 1. The summed E-state index contributed by atoms with van der Waals surface area (Å²) in [5.41, 5.74) is -3.01. The van der Waals surface area contributed by atoms with Gasteiger partial charge in [-0.2, -0.15) is 23.1 Å². The summed E-state index contributed by atoms with van der Waals surface area (Å²) in [6.45, 7) is -0.461. The topological polar surface area (TPSA) is 73.7 Å². The van der Waals surface area contributed by atoms with Crippen LogP contribution in [0.25, 0.3) is 0 Å². The molecule has 0 saturated carbocycles. The van der Waals surface area contributed by atoms with Crippen molar-refractivity contribution >= 4 is 0 Å². The van der Waals surface area contributed by atoms with Crippen LogP contribution in [0.4, 0.5) is 13.2 Å². The Balaban J connectivity index is 2.83. The van der Waals surface area contributed by atoms with E-state index in [0.29, 0.717) is 6.92 Å². The van der Waals surface area contributed by atoms with Crippen molar-refractivity contribution in [2.24, 2.45) is 0 Å². The van der Waals surface area contributed by atoms with Crippen LogP contribution < -0.4 is 14.2 Å². The molecule has 0 radical (unpaired) electrons. The lowest BCUT2D eigenvalue weighted by molar-refractivity contribution is -0.261. The second kappa shape index (κ2) is 5.47. The quantitative estimate of drug-likeness (QED) is 0.874. The van der Waals surface area contributed by atoms with E-state index in [1.807, 2.05) is 0 Å². The minimum Gasteiger partial charge on any atom is -0.481 e. The third kappa shape index (κ3) is 3.85. The van der Waals surface area contributed by atoms with Gasteiger partial charge in [0.25, 0.3) is 0 Å². The van der Waals surface area contributed by atoms with E-state index in [9.17, 15) is 18.3 Å². The number of nitrogens with zero attached hydrogens (tertiary/aromatic N) is 2. The highest BCUT2D eigenvalue weighted by Crippen LogP contribution is 2.30. The first-order valence-corrected chi connectivity index (χ1v) is 5.08. The smallest absolute Gasteiger partial charge is 0.420 e. The molecule has 9 heteroatoms. The first-order valence-electron chi connectivity index (χ1n) is 5.08. The predicted molar refractivity (Wildman–Crippen MR) is 57.3 cm³/mol. The van der Waals surface area contributed by atoms with Gasteiger partial charge >= 0.3 is 12.2 Å². The van der Waals surface area contributed by atoms with Gasteiger partial charge in [-0.25, -0.2) is 0 Å². The molecule has 0 spiro atoms. The number of ether oxygens (including phenoxy) is 3. The first-order chi connectivity index (χ1) is 8.69. The summed E-state index contributed by atoms with van der Waals surface area (Å²) in [4.78, 5) is 7.34. The molecule has 1 rings (SSSR count). The van der Waals surface area contributed by atoms with E-state index in [-0.39, 0.29) is 17.8 Å². The Kier molecular flexibility index (Phi) is 4.40. The molecule has 6 nitrogen and oxygen atoms in total. The predicted octanol–water partition coefficient (Wildman–Crippen LogP) is 1.19. The Morgan fingerprint density at radius 3 is 2.00 bits per heavy atom. The molecule has 0 saturated heterocycles. The Hall–Kier alpha value is -1.77. The minimum atomic E-state index is -4.82. The summed E-state index contributed by atoms with van der Waals surface area (Å²) < 4.78 is 51.6. The van der Waals surface area contributed by atoms with Gasteiger partial charge in [0.1, 0.15) is 6.61 Å². The third-order valence-electron chi connectivity index (χ3n) is 2.17. The van der Waals surface area contributed by atoms with Crippen LogP contribution in [-0.4, -0.2) is 47.7 Å². The molecule has 0 aliphatic carbocycles. The van der Waals surface area contributed by atoms with E-state index in [1.54, 1.807) is 0 Å². The summed E-state index contributed by atoms with van der Waals surface area (Å²) in [5.74, 6) is 0.127. The molecule has 0 bridgehead atoms. The summed E-state index contributed by atoms with van der Waals surface area (Å²) in [7, 11) is 2.63. The maximum Gasteiger partial charge on any atom is 0.420 e. The molecule has 1 N–H and O–H groups in total. The van der Waals surface area contributed by atoms with Gasteiger partial charge in [0, 0.05) is 0 Å². The number of rotatable bonds is 5. The third-order valence-corrected chi connectivity index (χ3v) is 2.17. The molecule has 1 unspecified atom stereocenters. The number of hydrogen-bond acceptors (Lipinski definition) is 6. The van der Waals surface area contributed by atoms with Crippen LogP contribution in [0.5, 0.6) is 17.8 Å². The molecule has 0 aliphatic rings. The SMILES string of the molecule is COc1cc(OC)nc(OCC(C)(O)C(F)(F)F)n1. The number of aromatic nitrogens is 2.